The van der Waals surface area contributed by atoms with Crippen LogP contribution in [0, 0.1) is 0 Å². The van der Waals surface area contributed by atoms with Gasteiger partial charge in [-0.25, -0.2) is 14.6 Å². The maximum absolute atomic E-state index is 12.4. The number of aromatic nitrogens is 2. The number of carbonyl (C=O) groups excluding carboxylic acids is 1. The monoisotopic (exact) mass is 389 g/mol. The van der Waals surface area contributed by atoms with Gasteiger partial charge in [0.15, 0.2) is 0 Å². The summed E-state index contributed by atoms with van der Waals surface area (Å²) in [6.07, 6.45) is 3.61. The molecule has 2 N–H and O–H groups in total. The lowest BCUT2D eigenvalue weighted by atomic mass is 10.1. The van der Waals surface area contributed by atoms with E-state index in [2.05, 4.69) is 15.3 Å². The quantitative estimate of drug-likeness (QED) is 0.491. The van der Waals surface area contributed by atoms with Crippen LogP contribution in [0.1, 0.15) is 5.69 Å². The van der Waals surface area contributed by atoms with Gasteiger partial charge in [0.2, 0.25) is 0 Å². The Labute approximate surface area is 166 Å². The fourth-order valence-corrected chi connectivity index (χ4v) is 3.18. The van der Waals surface area contributed by atoms with E-state index in [1.54, 1.807) is 24.7 Å². The highest BCUT2D eigenvalue weighted by atomic mass is 16.5. The highest BCUT2D eigenvalue weighted by Gasteiger charge is 2.20. The maximum atomic E-state index is 12.4. The third kappa shape index (κ3) is 4.03. The van der Waals surface area contributed by atoms with Gasteiger partial charge >= 0.3 is 11.6 Å². The van der Waals surface area contributed by atoms with Crippen molar-refractivity contribution in [3.8, 4) is 11.3 Å². The van der Waals surface area contributed by atoms with Crippen LogP contribution in [0.15, 0.2) is 76.3 Å². The Morgan fingerprint density at radius 1 is 1.21 bits per heavy atom. The first-order chi connectivity index (χ1) is 14.1. The first kappa shape index (κ1) is 18.5. The molecule has 1 atom stereocenters. The molecular formula is C22H19N3O4. The van der Waals surface area contributed by atoms with Crippen LogP contribution in [0.3, 0.4) is 0 Å². The van der Waals surface area contributed by atoms with E-state index in [1.165, 1.54) is 7.11 Å². The average molecular weight is 389 g/mol. The number of hydrogen-bond acceptors (Lipinski definition) is 6. The summed E-state index contributed by atoms with van der Waals surface area (Å²) in [7, 11) is 1.35. The number of esters is 1. The number of carbonyl (C=O) groups is 1. The lowest BCUT2D eigenvalue weighted by Crippen LogP contribution is -2.33. The zero-order chi connectivity index (χ0) is 20.2. The van der Waals surface area contributed by atoms with Gasteiger partial charge in [-0.3, -0.25) is 0 Å². The molecule has 2 aromatic heterocycles. The zero-order valence-corrected chi connectivity index (χ0v) is 15.7. The second-order valence-corrected chi connectivity index (χ2v) is 6.57. The first-order valence-electron chi connectivity index (χ1n) is 9.09. The fraction of sp³-hybridized carbons (Fsp3) is 0.136. The largest absolute Gasteiger partial charge is 0.467 e. The molecule has 0 amide bonds. The van der Waals surface area contributed by atoms with E-state index in [9.17, 15) is 9.59 Å². The van der Waals surface area contributed by atoms with Gasteiger partial charge in [-0.1, -0.05) is 30.3 Å². The van der Waals surface area contributed by atoms with E-state index in [0.29, 0.717) is 23.3 Å². The van der Waals surface area contributed by atoms with Crippen molar-refractivity contribution in [2.24, 2.45) is 0 Å². The van der Waals surface area contributed by atoms with Gasteiger partial charge in [0, 0.05) is 29.6 Å². The number of rotatable bonds is 6. The zero-order valence-electron chi connectivity index (χ0n) is 15.7. The Balaban J connectivity index is 1.68. The maximum Gasteiger partial charge on any atom is 0.344 e. The molecule has 0 fully saturated rings. The topological polar surface area (TPSA) is 97.2 Å². The second kappa shape index (κ2) is 8.02. The molecule has 0 radical (unpaired) electrons. The molecule has 1 unspecified atom stereocenters. The predicted molar refractivity (Wildman–Crippen MR) is 110 cm³/mol. The molecule has 0 aliphatic heterocycles. The summed E-state index contributed by atoms with van der Waals surface area (Å²) < 4.78 is 10.4. The van der Waals surface area contributed by atoms with E-state index in [1.807, 2.05) is 42.5 Å². The van der Waals surface area contributed by atoms with Crippen molar-refractivity contribution in [3.63, 3.8) is 0 Å². The van der Waals surface area contributed by atoms with Crippen LogP contribution < -0.4 is 10.9 Å². The Bertz CT molecular complexity index is 1180. The Morgan fingerprint density at radius 2 is 2.03 bits per heavy atom. The van der Waals surface area contributed by atoms with Crippen molar-refractivity contribution in [2.45, 2.75) is 12.5 Å². The number of ether oxygens (including phenoxy) is 1. The Kier molecular flexibility index (Phi) is 5.11. The molecule has 0 aliphatic rings. The van der Waals surface area contributed by atoms with Gasteiger partial charge in [-0.05, 0) is 29.7 Å². The summed E-state index contributed by atoms with van der Waals surface area (Å²) in [6, 6.07) is 15.9. The minimum atomic E-state index is -0.605. The summed E-state index contributed by atoms with van der Waals surface area (Å²) in [4.78, 5) is 31.6. The minimum absolute atomic E-state index is 0.386. The van der Waals surface area contributed by atoms with Crippen molar-refractivity contribution in [1.82, 2.24) is 9.97 Å². The van der Waals surface area contributed by atoms with Crippen molar-refractivity contribution >= 4 is 22.4 Å². The number of imidazole rings is 1. The standard InChI is InChI=1S/C22H19N3O4/c1-28-22(27)19(11-17-12-23-13-24-17)25-16-7-8-18-15(9-16)10-20(29-21(18)26)14-5-3-2-4-6-14/h2-10,12-13,19,25H,11H2,1H3,(H,23,24). The number of hydrogen-bond donors (Lipinski definition) is 2. The second-order valence-electron chi connectivity index (χ2n) is 6.57. The molecule has 7 heteroatoms. The van der Waals surface area contributed by atoms with E-state index >= 15 is 0 Å². The van der Waals surface area contributed by atoms with Gasteiger partial charge in [-0.2, -0.15) is 0 Å². The van der Waals surface area contributed by atoms with Crippen LogP contribution in [-0.4, -0.2) is 29.1 Å². The van der Waals surface area contributed by atoms with Crippen molar-refractivity contribution in [2.75, 3.05) is 12.4 Å². The van der Waals surface area contributed by atoms with Crippen LogP contribution in [-0.2, 0) is 16.0 Å². The molecule has 146 valence electrons. The molecule has 0 saturated carbocycles. The van der Waals surface area contributed by atoms with Crippen LogP contribution >= 0.6 is 0 Å². The SMILES string of the molecule is COC(=O)C(Cc1cnc[nH]1)Nc1ccc2c(=O)oc(-c3ccccc3)cc2c1. The molecule has 2 heterocycles. The predicted octanol–water partition coefficient (Wildman–Crippen LogP) is 3.38. The molecule has 29 heavy (non-hydrogen) atoms. The van der Waals surface area contributed by atoms with E-state index in [0.717, 1.165) is 16.6 Å². The van der Waals surface area contributed by atoms with Crippen LogP contribution in [0.2, 0.25) is 0 Å². The van der Waals surface area contributed by atoms with Crippen LogP contribution in [0.4, 0.5) is 5.69 Å². The lowest BCUT2D eigenvalue weighted by Gasteiger charge is -2.17. The summed E-state index contributed by atoms with van der Waals surface area (Å²) >= 11 is 0. The molecule has 2 aromatic carbocycles. The summed E-state index contributed by atoms with van der Waals surface area (Å²) in [5.74, 6) is 0.0967. The Hall–Kier alpha value is -3.87. The van der Waals surface area contributed by atoms with E-state index < -0.39 is 17.6 Å². The third-order valence-electron chi connectivity index (χ3n) is 4.62. The van der Waals surface area contributed by atoms with Gasteiger partial charge in [0.25, 0.3) is 0 Å². The summed E-state index contributed by atoms with van der Waals surface area (Å²) in [6.45, 7) is 0. The average Bonchev–Trinajstić information content (AvgIpc) is 3.26. The normalized spacial score (nSPS) is 11.9. The number of benzene rings is 2. The summed E-state index contributed by atoms with van der Waals surface area (Å²) in [5.41, 5.74) is 1.91. The van der Waals surface area contributed by atoms with Crippen molar-refractivity contribution < 1.29 is 13.9 Å². The van der Waals surface area contributed by atoms with Gasteiger partial charge < -0.3 is 19.5 Å². The molecule has 7 nitrogen and oxygen atoms in total. The van der Waals surface area contributed by atoms with Crippen molar-refractivity contribution in [1.29, 1.82) is 0 Å². The van der Waals surface area contributed by atoms with Gasteiger partial charge in [0.1, 0.15) is 11.8 Å². The fourth-order valence-electron chi connectivity index (χ4n) is 3.18. The number of H-pyrrole nitrogens is 1. The highest BCUT2D eigenvalue weighted by Crippen LogP contribution is 2.24. The lowest BCUT2D eigenvalue weighted by molar-refractivity contribution is -0.141. The van der Waals surface area contributed by atoms with Crippen LogP contribution in [0.5, 0.6) is 0 Å². The highest BCUT2D eigenvalue weighted by molar-refractivity contribution is 5.88. The molecular weight excluding hydrogens is 370 g/mol. The molecule has 0 saturated heterocycles. The first-order valence-corrected chi connectivity index (χ1v) is 9.09. The van der Waals surface area contributed by atoms with E-state index in [-0.39, 0.29) is 0 Å². The number of nitrogens with one attached hydrogen (secondary N) is 2. The molecule has 0 bridgehead atoms. The number of anilines is 1. The number of methoxy groups -OCH3 is 1. The number of aromatic amines is 1. The smallest absolute Gasteiger partial charge is 0.344 e. The molecule has 4 rings (SSSR count). The molecule has 4 aromatic rings. The van der Waals surface area contributed by atoms with Crippen molar-refractivity contribution in [3.05, 3.63) is 83.2 Å². The van der Waals surface area contributed by atoms with Gasteiger partial charge in [0.05, 0.1) is 18.8 Å². The Morgan fingerprint density at radius 3 is 2.76 bits per heavy atom. The third-order valence-corrected chi connectivity index (χ3v) is 4.62. The summed E-state index contributed by atoms with van der Waals surface area (Å²) in [5, 5.41) is 4.37. The van der Waals surface area contributed by atoms with E-state index in [4.69, 9.17) is 9.15 Å². The van der Waals surface area contributed by atoms with Gasteiger partial charge in [-0.15, -0.1) is 0 Å². The number of fused-ring (bicyclic) bond motifs is 1. The van der Waals surface area contributed by atoms with Crippen LogP contribution in [0.25, 0.3) is 22.1 Å². The molecule has 0 spiro atoms. The number of nitrogens with zero attached hydrogens (tertiary/aromatic N) is 1. The minimum Gasteiger partial charge on any atom is -0.467 e. The molecule has 0 aliphatic carbocycles.